The topological polar surface area (TPSA) is 56.0 Å². The summed E-state index contributed by atoms with van der Waals surface area (Å²) in [7, 11) is 0. The number of likely N-dealkylation sites (tertiary alicyclic amines) is 1. The minimum absolute atomic E-state index is 0.0708. The van der Waals surface area contributed by atoms with Crippen molar-refractivity contribution in [2.24, 2.45) is 5.92 Å². The van der Waals surface area contributed by atoms with E-state index < -0.39 is 0 Å². The number of aryl methyl sites for hydroxylation is 3. The highest BCUT2D eigenvalue weighted by atomic mass is 16.1. The first kappa shape index (κ1) is 15.3. The van der Waals surface area contributed by atoms with Gasteiger partial charge in [-0.1, -0.05) is 0 Å². The molecular formula is C19H25N5O. The summed E-state index contributed by atoms with van der Waals surface area (Å²) in [6, 6.07) is 1.81. The number of hydrogen-bond donors (Lipinski definition) is 0. The molecule has 0 spiro atoms. The van der Waals surface area contributed by atoms with Gasteiger partial charge in [0.1, 0.15) is 5.82 Å². The first-order chi connectivity index (χ1) is 12.3. The summed E-state index contributed by atoms with van der Waals surface area (Å²) in [6.45, 7) is 4.88. The third-order valence-electron chi connectivity index (χ3n) is 5.94. The Labute approximate surface area is 147 Å². The van der Waals surface area contributed by atoms with E-state index in [1.54, 1.807) is 4.68 Å². The van der Waals surface area contributed by atoms with E-state index in [0.717, 1.165) is 57.7 Å². The van der Waals surface area contributed by atoms with E-state index in [0.29, 0.717) is 5.92 Å². The lowest BCUT2D eigenvalue weighted by molar-refractivity contribution is 0.0725. The number of rotatable bonds is 4. The molecule has 6 heteroatoms. The molecule has 5 rings (SSSR count). The Kier molecular flexibility index (Phi) is 3.73. The third-order valence-corrected chi connectivity index (χ3v) is 5.94. The Morgan fingerprint density at radius 2 is 2.04 bits per heavy atom. The lowest BCUT2D eigenvalue weighted by Crippen LogP contribution is -2.49. The molecule has 2 aromatic heterocycles. The van der Waals surface area contributed by atoms with E-state index in [2.05, 4.69) is 25.7 Å². The summed E-state index contributed by atoms with van der Waals surface area (Å²) in [5, 5.41) is 4.60. The Morgan fingerprint density at radius 1 is 1.12 bits per heavy atom. The molecule has 0 radical (unpaired) electrons. The molecule has 2 aliphatic heterocycles. The molecule has 6 nitrogen and oxygen atoms in total. The molecule has 1 aliphatic carbocycles. The van der Waals surface area contributed by atoms with Crippen LogP contribution < -0.4 is 5.56 Å². The highest BCUT2D eigenvalue weighted by Crippen LogP contribution is 2.23. The second-order valence-electron chi connectivity index (χ2n) is 7.82. The maximum Gasteiger partial charge on any atom is 0.267 e. The number of hydrogen-bond acceptors (Lipinski definition) is 4. The van der Waals surface area contributed by atoms with Crippen LogP contribution in [0.4, 0.5) is 0 Å². The average molecular weight is 339 g/mol. The monoisotopic (exact) mass is 339 g/mol. The molecule has 0 amide bonds. The Hall–Kier alpha value is -1.95. The van der Waals surface area contributed by atoms with Gasteiger partial charge in [-0.25, -0.2) is 9.67 Å². The van der Waals surface area contributed by atoms with Crippen LogP contribution in [-0.4, -0.2) is 37.3 Å². The van der Waals surface area contributed by atoms with Crippen LogP contribution in [0.25, 0.3) is 0 Å². The van der Waals surface area contributed by atoms with Crippen LogP contribution in [0.2, 0.25) is 0 Å². The average Bonchev–Trinajstić information content (AvgIpc) is 3.19. The minimum atomic E-state index is 0.0708. The van der Waals surface area contributed by atoms with Gasteiger partial charge < -0.3 is 4.57 Å². The molecule has 0 bridgehead atoms. The van der Waals surface area contributed by atoms with Gasteiger partial charge >= 0.3 is 0 Å². The lowest BCUT2D eigenvalue weighted by atomic mass is 10.0. The van der Waals surface area contributed by atoms with Crippen LogP contribution in [0.5, 0.6) is 0 Å². The van der Waals surface area contributed by atoms with E-state index >= 15 is 0 Å². The number of imidazole rings is 1. The molecule has 132 valence electrons. The maximum absolute atomic E-state index is 12.2. The standard InChI is InChI=1S/C19H25N5O/c25-19-8-15-4-3-6-17(15)21-24(19)12-14-10-22(11-14)13-18-20-9-16-5-1-2-7-23(16)18/h8-9,14H,1-7,10-13H2. The first-order valence-corrected chi connectivity index (χ1v) is 9.62. The second-order valence-corrected chi connectivity index (χ2v) is 7.82. The molecule has 1 saturated heterocycles. The van der Waals surface area contributed by atoms with Gasteiger partial charge in [0.2, 0.25) is 0 Å². The van der Waals surface area contributed by atoms with E-state index in [9.17, 15) is 4.79 Å². The minimum Gasteiger partial charge on any atom is -0.331 e. The molecule has 0 unspecified atom stereocenters. The van der Waals surface area contributed by atoms with Gasteiger partial charge in [-0.3, -0.25) is 9.69 Å². The van der Waals surface area contributed by atoms with Crippen LogP contribution >= 0.6 is 0 Å². The molecule has 0 atom stereocenters. The van der Waals surface area contributed by atoms with E-state index in [1.807, 2.05) is 6.07 Å². The SMILES string of the molecule is O=c1cc2c(nn1CC1CN(Cc3ncc4n3CCCC4)C1)CCC2. The quantitative estimate of drug-likeness (QED) is 0.845. The van der Waals surface area contributed by atoms with Crippen molar-refractivity contribution in [3.63, 3.8) is 0 Å². The van der Waals surface area contributed by atoms with Crippen molar-refractivity contribution in [1.82, 2.24) is 24.2 Å². The predicted octanol–water partition coefficient (Wildman–Crippen LogP) is 1.40. The van der Waals surface area contributed by atoms with Crippen molar-refractivity contribution >= 4 is 0 Å². The van der Waals surface area contributed by atoms with Crippen molar-refractivity contribution in [1.29, 1.82) is 0 Å². The molecule has 0 saturated carbocycles. The summed E-state index contributed by atoms with van der Waals surface area (Å²) >= 11 is 0. The zero-order valence-corrected chi connectivity index (χ0v) is 14.7. The summed E-state index contributed by atoms with van der Waals surface area (Å²) in [6.07, 6.45) is 8.97. The van der Waals surface area contributed by atoms with Crippen LogP contribution in [0.1, 0.15) is 42.0 Å². The van der Waals surface area contributed by atoms with Crippen molar-refractivity contribution in [3.8, 4) is 0 Å². The Balaban J connectivity index is 1.20. The summed E-state index contributed by atoms with van der Waals surface area (Å²) in [5.74, 6) is 1.74. The number of aromatic nitrogens is 4. The predicted molar refractivity (Wildman–Crippen MR) is 94.5 cm³/mol. The molecule has 0 aromatic carbocycles. The number of nitrogens with zero attached hydrogens (tertiary/aromatic N) is 5. The molecule has 3 aliphatic rings. The second kappa shape index (κ2) is 6.09. The zero-order chi connectivity index (χ0) is 16.8. The van der Waals surface area contributed by atoms with E-state index in [4.69, 9.17) is 0 Å². The zero-order valence-electron chi connectivity index (χ0n) is 14.7. The smallest absolute Gasteiger partial charge is 0.267 e. The van der Waals surface area contributed by atoms with E-state index in [-0.39, 0.29) is 5.56 Å². The molecular weight excluding hydrogens is 314 g/mol. The molecule has 4 heterocycles. The fraction of sp³-hybridized carbons (Fsp3) is 0.632. The van der Waals surface area contributed by atoms with Gasteiger partial charge in [-0.05, 0) is 44.1 Å². The summed E-state index contributed by atoms with van der Waals surface area (Å²) in [5.41, 5.74) is 3.77. The van der Waals surface area contributed by atoms with Gasteiger partial charge in [-0.15, -0.1) is 0 Å². The van der Waals surface area contributed by atoms with Crippen molar-refractivity contribution in [2.75, 3.05) is 13.1 Å². The molecule has 25 heavy (non-hydrogen) atoms. The van der Waals surface area contributed by atoms with E-state index in [1.165, 1.54) is 36.3 Å². The van der Waals surface area contributed by atoms with Gasteiger partial charge in [0.15, 0.2) is 0 Å². The molecule has 0 N–H and O–H groups in total. The Bertz CT molecular complexity index is 846. The van der Waals surface area contributed by atoms with Crippen molar-refractivity contribution < 1.29 is 0 Å². The van der Waals surface area contributed by atoms with Crippen molar-refractivity contribution in [2.45, 2.75) is 58.2 Å². The van der Waals surface area contributed by atoms with Crippen LogP contribution in [-0.2, 0) is 38.9 Å². The van der Waals surface area contributed by atoms with Gasteiger partial charge in [0, 0.05) is 43.5 Å². The first-order valence-electron chi connectivity index (χ1n) is 9.62. The fourth-order valence-electron chi connectivity index (χ4n) is 4.56. The van der Waals surface area contributed by atoms with Gasteiger partial charge in [0.25, 0.3) is 5.56 Å². The highest BCUT2D eigenvalue weighted by molar-refractivity contribution is 5.22. The Morgan fingerprint density at radius 3 is 2.96 bits per heavy atom. The number of fused-ring (bicyclic) bond motifs is 2. The largest absolute Gasteiger partial charge is 0.331 e. The van der Waals surface area contributed by atoms with Gasteiger partial charge in [-0.2, -0.15) is 5.10 Å². The summed E-state index contributed by atoms with van der Waals surface area (Å²) in [4.78, 5) is 19.3. The lowest BCUT2D eigenvalue weighted by Gasteiger charge is -2.39. The van der Waals surface area contributed by atoms with Crippen LogP contribution in [0.3, 0.4) is 0 Å². The normalized spacial score (nSPS) is 20.3. The maximum atomic E-state index is 12.2. The molecule has 1 fully saturated rings. The van der Waals surface area contributed by atoms with Crippen molar-refractivity contribution in [3.05, 3.63) is 45.4 Å². The fourth-order valence-corrected chi connectivity index (χ4v) is 4.56. The van der Waals surface area contributed by atoms with Crippen LogP contribution in [0.15, 0.2) is 17.1 Å². The third kappa shape index (κ3) is 2.82. The molecule has 2 aromatic rings. The van der Waals surface area contributed by atoms with Gasteiger partial charge in [0.05, 0.1) is 18.8 Å². The highest BCUT2D eigenvalue weighted by Gasteiger charge is 2.29. The van der Waals surface area contributed by atoms with Crippen LogP contribution in [0, 0.1) is 5.92 Å². The summed E-state index contributed by atoms with van der Waals surface area (Å²) < 4.78 is 4.10.